The Balaban J connectivity index is 1.65. The van der Waals surface area contributed by atoms with E-state index in [-0.39, 0.29) is 31.2 Å². The summed E-state index contributed by atoms with van der Waals surface area (Å²) in [6.45, 7) is 0.299. The van der Waals surface area contributed by atoms with E-state index in [0.717, 1.165) is 12.1 Å². The summed E-state index contributed by atoms with van der Waals surface area (Å²) in [7, 11) is 0. The molecule has 1 unspecified atom stereocenters. The summed E-state index contributed by atoms with van der Waals surface area (Å²) >= 11 is 1.19. The zero-order valence-corrected chi connectivity index (χ0v) is 21.8. The van der Waals surface area contributed by atoms with Crippen LogP contribution in [-0.4, -0.2) is 52.4 Å². The van der Waals surface area contributed by atoms with E-state index in [1.54, 1.807) is 17.0 Å². The summed E-state index contributed by atoms with van der Waals surface area (Å²) in [5, 5.41) is 19.1. The Labute approximate surface area is 229 Å². The first-order chi connectivity index (χ1) is 18.6. The van der Waals surface area contributed by atoms with E-state index in [1.807, 2.05) is 0 Å². The molecule has 1 aliphatic heterocycles. The molecule has 13 heteroatoms. The highest BCUT2D eigenvalue weighted by atomic mass is 32.2. The molecule has 1 amide bonds. The van der Waals surface area contributed by atoms with Crippen molar-refractivity contribution in [2.75, 3.05) is 13.1 Å². The molecule has 2 N–H and O–H groups in total. The maximum Gasteiger partial charge on any atom is 0.435 e. The molecule has 5 nitrogen and oxygen atoms in total. The molecule has 218 valence electrons. The highest BCUT2D eigenvalue weighted by Gasteiger charge is 2.73. The van der Waals surface area contributed by atoms with Crippen LogP contribution in [0.25, 0.3) is 0 Å². The molecule has 0 radical (unpaired) electrons. The lowest BCUT2D eigenvalue weighted by atomic mass is 9.81. The Bertz CT molecular complexity index is 1230. The number of hydrogen-bond acceptors (Lipinski definition) is 4. The summed E-state index contributed by atoms with van der Waals surface area (Å²) in [6, 6.07) is 9.08. The number of alkyl halides is 7. The van der Waals surface area contributed by atoms with Gasteiger partial charge in [-0.1, -0.05) is 30.3 Å². The fourth-order valence-electron chi connectivity index (χ4n) is 5.46. The number of carbonyl (C=O) groups is 2. The fraction of sp³-hybridized carbons (Fsp3) is 0.481. The molecule has 1 aliphatic carbocycles. The van der Waals surface area contributed by atoms with Gasteiger partial charge in [0.05, 0.1) is 10.7 Å². The molecule has 1 heterocycles. The van der Waals surface area contributed by atoms with Crippen LogP contribution in [0.2, 0.25) is 0 Å². The second-order valence-corrected chi connectivity index (χ2v) is 11.7. The van der Waals surface area contributed by atoms with Crippen molar-refractivity contribution >= 4 is 23.6 Å². The third-order valence-electron chi connectivity index (χ3n) is 7.69. The molecule has 0 spiro atoms. The summed E-state index contributed by atoms with van der Waals surface area (Å²) < 4.78 is 93.2. The van der Waals surface area contributed by atoms with Gasteiger partial charge in [-0.2, -0.15) is 26.3 Å². The maximum atomic E-state index is 14.6. The van der Waals surface area contributed by atoms with Gasteiger partial charge in [-0.05, 0) is 55.9 Å². The molecule has 2 aromatic carbocycles. The second kappa shape index (κ2) is 10.8. The molecule has 1 saturated heterocycles. The molecule has 1 saturated carbocycles. The van der Waals surface area contributed by atoms with Gasteiger partial charge < -0.3 is 15.1 Å². The number of thioether (sulfide) groups is 1. The molecular weight excluding hydrogens is 567 g/mol. The predicted molar refractivity (Wildman–Crippen MR) is 131 cm³/mol. The van der Waals surface area contributed by atoms with Crippen LogP contribution in [0.3, 0.4) is 0 Å². The topological polar surface area (TPSA) is 77.8 Å². The van der Waals surface area contributed by atoms with Crippen molar-refractivity contribution in [1.29, 1.82) is 0 Å². The zero-order chi connectivity index (χ0) is 29.5. The Morgan fingerprint density at radius 2 is 1.45 bits per heavy atom. The van der Waals surface area contributed by atoms with Gasteiger partial charge in [-0.3, -0.25) is 9.59 Å². The number of carbonyl (C=O) groups excluding carboxylic acids is 1. The minimum Gasteiger partial charge on any atom is -0.508 e. The number of likely N-dealkylation sites (tertiary alicyclic amines) is 1. The number of halogens is 7. The van der Waals surface area contributed by atoms with Crippen molar-refractivity contribution in [2.24, 2.45) is 11.8 Å². The first kappa shape index (κ1) is 30.0. The molecule has 4 rings (SSSR count). The van der Waals surface area contributed by atoms with Crippen LogP contribution in [0, 0.1) is 11.8 Å². The minimum absolute atomic E-state index is 0.0592. The first-order valence-corrected chi connectivity index (χ1v) is 13.3. The second-order valence-electron chi connectivity index (χ2n) is 10.2. The number of phenolic OH excluding ortho intramolecular Hbond substituents is 1. The number of nitrogens with zero attached hydrogens (tertiary/aromatic N) is 1. The van der Waals surface area contributed by atoms with Gasteiger partial charge >= 0.3 is 24.0 Å². The van der Waals surface area contributed by atoms with Crippen LogP contribution in [0.1, 0.15) is 43.2 Å². The summed E-state index contributed by atoms with van der Waals surface area (Å²) in [5.74, 6) is -2.09. The van der Waals surface area contributed by atoms with Crippen molar-refractivity contribution in [3.05, 3.63) is 59.7 Å². The van der Waals surface area contributed by atoms with E-state index in [1.165, 1.54) is 23.9 Å². The highest BCUT2D eigenvalue weighted by molar-refractivity contribution is 8.00. The summed E-state index contributed by atoms with van der Waals surface area (Å²) in [4.78, 5) is 26.7. The standard InChI is InChI=1S/C27H26F7NO4S/c28-25(26(29,30)31,27(32,33)34)19-10-8-18(9-11-19)24(40-21-3-1-2-20(36)14-21)12-13-35(15-24)22(37)16-4-6-17(7-5-16)23(38)39/h1-3,8-11,14,16-17,36H,4-7,12-13,15H2,(H,38,39). The van der Waals surface area contributed by atoms with Crippen molar-refractivity contribution in [3.8, 4) is 5.75 Å². The Hall–Kier alpha value is -2.96. The van der Waals surface area contributed by atoms with E-state index in [9.17, 15) is 50.5 Å². The number of hydrogen-bond donors (Lipinski definition) is 2. The van der Waals surface area contributed by atoms with Crippen LogP contribution in [-0.2, 0) is 20.0 Å². The van der Waals surface area contributed by atoms with Crippen LogP contribution < -0.4 is 0 Å². The van der Waals surface area contributed by atoms with E-state index in [2.05, 4.69) is 0 Å². The monoisotopic (exact) mass is 593 g/mol. The number of carboxylic acid groups (broad SMARTS) is 1. The Morgan fingerprint density at radius 3 is 1.98 bits per heavy atom. The quantitative estimate of drug-likeness (QED) is 0.361. The van der Waals surface area contributed by atoms with Gasteiger partial charge in [-0.25, -0.2) is 4.39 Å². The van der Waals surface area contributed by atoms with E-state index >= 15 is 0 Å². The molecule has 2 aromatic rings. The molecule has 0 bridgehead atoms. The lowest BCUT2D eigenvalue weighted by Crippen LogP contribution is -2.50. The lowest BCUT2D eigenvalue weighted by molar-refractivity contribution is -0.348. The van der Waals surface area contributed by atoms with Gasteiger partial charge in [0.2, 0.25) is 5.91 Å². The van der Waals surface area contributed by atoms with Gasteiger partial charge in [0.15, 0.2) is 0 Å². The van der Waals surface area contributed by atoms with Crippen molar-refractivity contribution in [2.45, 2.75) is 59.8 Å². The average Bonchev–Trinajstić information content (AvgIpc) is 3.31. The maximum absolute atomic E-state index is 14.6. The fourth-order valence-corrected chi connectivity index (χ4v) is 6.90. The summed E-state index contributed by atoms with van der Waals surface area (Å²) in [6.07, 6.45) is -10.7. The SMILES string of the molecule is O=C(O)C1CCC(C(=O)N2CCC(Sc3cccc(O)c3)(c3ccc(C(F)(C(F)(F)F)C(F)(F)F)cc3)C2)CC1. The van der Waals surface area contributed by atoms with Gasteiger partial charge in [0.25, 0.3) is 0 Å². The van der Waals surface area contributed by atoms with Crippen LogP contribution >= 0.6 is 11.8 Å². The molecule has 40 heavy (non-hydrogen) atoms. The van der Waals surface area contributed by atoms with Crippen LogP contribution in [0.4, 0.5) is 30.7 Å². The molecule has 2 aliphatic rings. The smallest absolute Gasteiger partial charge is 0.435 e. The van der Waals surface area contributed by atoms with Crippen LogP contribution in [0.5, 0.6) is 5.75 Å². The van der Waals surface area contributed by atoms with Crippen LogP contribution in [0.15, 0.2) is 53.4 Å². The number of carboxylic acids is 1. The lowest BCUT2D eigenvalue weighted by Gasteiger charge is -2.33. The van der Waals surface area contributed by atoms with Gasteiger partial charge in [0, 0.05) is 29.5 Å². The van der Waals surface area contributed by atoms with Gasteiger partial charge in [0.1, 0.15) is 5.75 Å². The Kier molecular flexibility index (Phi) is 8.09. The largest absolute Gasteiger partial charge is 0.508 e. The number of rotatable bonds is 6. The van der Waals surface area contributed by atoms with Crippen molar-refractivity contribution < 1.29 is 50.5 Å². The molecule has 1 atom stereocenters. The number of aromatic hydroxyl groups is 1. The average molecular weight is 594 g/mol. The Morgan fingerprint density at radius 1 is 0.875 bits per heavy atom. The van der Waals surface area contributed by atoms with E-state index < -0.39 is 46.1 Å². The number of amides is 1. The third-order valence-corrected chi connectivity index (χ3v) is 9.14. The molecular formula is C27H26F7NO4S. The summed E-state index contributed by atoms with van der Waals surface area (Å²) in [5.41, 5.74) is -6.87. The molecule has 0 aromatic heterocycles. The molecule has 2 fully saturated rings. The zero-order valence-electron chi connectivity index (χ0n) is 20.9. The van der Waals surface area contributed by atoms with E-state index in [4.69, 9.17) is 0 Å². The van der Waals surface area contributed by atoms with Crippen molar-refractivity contribution in [3.63, 3.8) is 0 Å². The number of benzene rings is 2. The normalized spacial score (nSPS) is 24.2. The minimum atomic E-state index is -6.24. The third kappa shape index (κ3) is 5.61. The predicted octanol–water partition coefficient (Wildman–Crippen LogP) is 6.79. The number of aliphatic carboxylic acids is 1. The van der Waals surface area contributed by atoms with Crippen molar-refractivity contribution in [1.82, 2.24) is 4.90 Å². The van der Waals surface area contributed by atoms with Gasteiger partial charge in [-0.15, -0.1) is 11.8 Å². The number of phenols is 1. The first-order valence-electron chi connectivity index (χ1n) is 12.5. The highest BCUT2D eigenvalue weighted by Crippen LogP contribution is 2.54. The van der Waals surface area contributed by atoms with E-state index in [0.29, 0.717) is 48.3 Å².